The fourth-order valence-corrected chi connectivity index (χ4v) is 2.24. The SMILES string of the molecule is CC(C)(C)Nc1ccc2c(c1)CCCC2. The molecule has 15 heavy (non-hydrogen) atoms. The second-order valence-electron chi connectivity index (χ2n) is 5.57. The highest BCUT2D eigenvalue weighted by molar-refractivity contribution is 5.50. The Morgan fingerprint density at radius 1 is 1.00 bits per heavy atom. The van der Waals surface area contributed by atoms with Crippen molar-refractivity contribution in [2.45, 2.75) is 52.0 Å². The second-order valence-corrected chi connectivity index (χ2v) is 5.57. The maximum atomic E-state index is 3.53. The van der Waals surface area contributed by atoms with Crippen LogP contribution in [0.1, 0.15) is 44.7 Å². The topological polar surface area (TPSA) is 12.0 Å². The zero-order valence-electron chi connectivity index (χ0n) is 10.1. The number of aryl methyl sites for hydroxylation is 2. The maximum Gasteiger partial charge on any atom is 0.0347 e. The molecule has 2 rings (SSSR count). The van der Waals surface area contributed by atoms with E-state index < -0.39 is 0 Å². The molecule has 1 N–H and O–H groups in total. The first-order valence-electron chi connectivity index (χ1n) is 5.95. The molecule has 0 aliphatic heterocycles. The van der Waals surface area contributed by atoms with Crippen LogP contribution < -0.4 is 5.32 Å². The Morgan fingerprint density at radius 2 is 1.67 bits per heavy atom. The summed E-state index contributed by atoms with van der Waals surface area (Å²) in [7, 11) is 0. The third-order valence-corrected chi connectivity index (χ3v) is 2.87. The smallest absolute Gasteiger partial charge is 0.0347 e. The number of nitrogens with one attached hydrogen (secondary N) is 1. The Hall–Kier alpha value is -0.980. The lowest BCUT2D eigenvalue weighted by Gasteiger charge is -2.24. The van der Waals surface area contributed by atoms with Gasteiger partial charge >= 0.3 is 0 Å². The van der Waals surface area contributed by atoms with Crippen molar-refractivity contribution in [3.63, 3.8) is 0 Å². The van der Waals surface area contributed by atoms with Crippen LogP contribution in [0, 0.1) is 0 Å². The van der Waals surface area contributed by atoms with Crippen LogP contribution in [0.25, 0.3) is 0 Å². The fraction of sp³-hybridized carbons (Fsp3) is 0.571. The summed E-state index contributed by atoms with van der Waals surface area (Å²) in [5, 5.41) is 3.53. The quantitative estimate of drug-likeness (QED) is 0.732. The molecule has 1 aromatic carbocycles. The van der Waals surface area contributed by atoms with Crippen molar-refractivity contribution in [3.05, 3.63) is 29.3 Å². The highest BCUT2D eigenvalue weighted by Crippen LogP contribution is 2.25. The molecule has 0 aromatic heterocycles. The van der Waals surface area contributed by atoms with Crippen LogP contribution in [-0.2, 0) is 12.8 Å². The monoisotopic (exact) mass is 203 g/mol. The third kappa shape index (κ3) is 2.74. The molecule has 0 fully saturated rings. The summed E-state index contributed by atoms with van der Waals surface area (Å²) in [5.74, 6) is 0. The molecule has 1 nitrogen and oxygen atoms in total. The van der Waals surface area contributed by atoms with Gasteiger partial charge in [0.25, 0.3) is 0 Å². The van der Waals surface area contributed by atoms with Crippen LogP contribution in [-0.4, -0.2) is 5.54 Å². The summed E-state index contributed by atoms with van der Waals surface area (Å²) < 4.78 is 0. The van der Waals surface area contributed by atoms with E-state index in [0.29, 0.717) is 0 Å². The highest BCUT2D eigenvalue weighted by atomic mass is 14.9. The van der Waals surface area contributed by atoms with E-state index in [1.54, 1.807) is 11.1 Å². The first-order valence-corrected chi connectivity index (χ1v) is 5.95. The molecule has 0 atom stereocenters. The van der Waals surface area contributed by atoms with E-state index in [1.807, 2.05) is 0 Å². The van der Waals surface area contributed by atoms with Gasteiger partial charge in [-0.1, -0.05) is 6.07 Å². The number of benzene rings is 1. The Kier molecular flexibility index (Phi) is 2.72. The number of hydrogen-bond donors (Lipinski definition) is 1. The molecule has 0 unspecified atom stereocenters. The predicted molar refractivity (Wildman–Crippen MR) is 66.5 cm³/mol. The molecule has 0 radical (unpaired) electrons. The highest BCUT2D eigenvalue weighted by Gasteiger charge is 2.12. The van der Waals surface area contributed by atoms with Crippen molar-refractivity contribution in [1.29, 1.82) is 0 Å². The largest absolute Gasteiger partial charge is 0.380 e. The summed E-state index contributed by atoms with van der Waals surface area (Å²) in [5.41, 5.74) is 4.53. The number of rotatable bonds is 1. The van der Waals surface area contributed by atoms with E-state index in [1.165, 1.54) is 31.4 Å². The van der Waals surface area contributed by atoms with E-state index in [0.717, 1.165) is 0 Å². The van der Waals surface area contributed by atoms with Gasteiger partial charge in [0, 0.05) is 11.2 Å². The van der Waals surface area contributed by atoms with Crippen LogP contribution >= 0.6 is 0 Å². The van der Waals surface area contributed by atoms with Gasteiger partial charge in [-0.3, -0.25) is 0 Å². The molecule has 0 spiro atoms. The van der Waals surface area contributed by atoms with E-state index in [9.17, 15) is 0 Å². The van der Waals surface area contributed by atoms with Crippen LogP contribution in [0.15, 0.2) is 18.2 Å². The molecular formula is C14H21N. The summed E-state index contributed by atoms with van der Waals surface area (Å²) in [4.78, 5) is 0. The van der Waals surface area contributed by atoms with Crippen molar-refractivity contribution in [2.24, 2.45) is 0 Å². The minimum Gasteiger partial charge on any atom is -0.380 e. The first-order chi connectivity index (χ1) is 7.04. The summed E-state index contributed by atoms with van der Waals surface area (Å²) >= 11 is 0. The standard InChI is InChI=1S/C14H21N/c1-14(2,3)15-13-9-8-11-6-4-5-7-12(11)10-13/h8-10,15H,4-7H2,1-3H3. The summed E-state index contributed by atoms with van der Waals surface area (Å²) in [6, 6.07) is 6.84. The van der Waals surface area contributed by atoms with Crippen LogP contribution in [0.3, 0.4) is 0 Å². The zero-order valence-corrected chi connectivity index (χ0v) is 10.1. The Labute approximate surface area is 92.9 Å². The molecule has 0 saturated heterocycles. The fourth-order valence-electron chi connectivity index (χ4n) is 2.24. The van der Waals surface area contributed by atoms with Crippen molar-refractivity contribution in [1.82, 2.24) is 0 Å². The van der Waals surface area contributed by atoms with Crippen molar-refractivity contribution in [3.8, 4) is 0 Å². The lowest BCUT2D eigenvalue weighted by Crippen LogP contribution is -2.26. The molecule has 0 amide bonds. The molecular weight excluding hydrogens is 182 g/mol. The first kappa shape index (κ1) is 10.5. The minimum absolute atomic E-state index is 0.156. The van der Waals surface area contributed by atoms with Gasteiger partial charge in [0.2, 0.25) is 0 Å². The van der Waals surface area contributed by atoms with Gasteiger partial charge in [-0.2, -0.15) is 0 Å². The van der Waals surface area contributed by atoms with Crippen LogP contribution in [0.4, 0.5) is 5.69 Å². The number of fused-ring (bicyclic) bond motifs is 1. The van der Waals surface area contributed by atoms with E-state index in [2.05, 4.69) is 44.3 Å². The number of anilines is 1. The van der Waals surface area contributed by atoms with Gasteiger partial charge in [0.1, 0.15) is 0 Å². The second kappa shape index (κ2) is 3.88. The van der Waals surface area contributed by atoms with Crippen LogP contribution in [0.2, 0.25) is 0 Å². The Bertz CT molecular complexity index is 347. The minimum atomic E-state index is 0.156. The number of hydrogen-bond acceptors (Lipinski definition) is 1. The maximum absolute atomic E-state index is 3.53. The van der Waals surface area contributed by atoms with Crippen molar-refractivity contribution < 1.29 is 0 Å². The van der Waals surface area contributed by atoms with Gasteiger partial charge < -0.3 is 5.32 Å². The van der Waals surface area contributed by atoms with E-state index in [4.69, 9.17) is 0 Å². The van der Waals surface area contributed by atoms with Gasteiger partial charge in [0.15, 0.2) is 0 Å². The lowest BCUT2D eigenvalue weighted by atomic mass is 9.91. The van der Waals surface area contributed by atoms with Gasteiger partial charge in [-0.05, 0) is 69.7 Å². The van der Waals surface area contributed by atoms with Gasteiger partial charge in [0.05, 0.1) is 0 Å². The molecule has 0 saturated carbocycles. The third-order valence-electron chi connectivity index (χ3n) is 2.87. The zero-order chi connectivity index (χ0) is 10.9. The molecule has 1 aliphatic carbocycles. The Morgan fingerprint density at radius 3 is 2.33 bits per heavy atom. The normalized spacial score (nSPS) is 15.9. The molecule has 1 aromatic rings. The average Bonchev–Trinajstić information content (AvgIpc) is 2.15. The Balaban J connectivity index is 2.21. The summed E-state index contributed by atoms with van der Waals surface area (Å²) in [6.07, 6.45) is 5.24. The van der Waals surface area contributed by atoms with Gasteiger partial charge in [-0.15, -0.1) is 0 Å². The van der Waals surface area contributed by atoms with Crippen LogP contribution in [0.5, 0.6) is 0 Å². The van der Waals surface area contributed by atoms with E-state index in [-0.39, 0.29) is 5.54 Å². The van der Waals surface area contributed by atoms with Gasteiger partial charge in [-0.25, -0.2) is 0 Å². The molecule has 0 bridgehead atoms. The van der Waals surface area contributed by atoms with E-state index >= 15 is 0 Å². The summed E-state index contributed by atoms with van der Waals surface area (Å²) in [6.45, 7) is 6.60. The molecule has 82 valence electrons. The van der Waals surface area contributed by atoms with Crippen molar-refractivity contribution in [2.75, 3.05) is 5.32 Å². The van der Waals surface area contributed by atoms with Crippen molar-refractivity contribution >= 4 is 5.69 Å². The lowest BCUT2D eigenvalue weighted by molar-refractivity contribution is 0.632. The molecule has 0 heterocycles. The predicted octanol–water partition coefficient (Wildman–Crippen LogP) is 3.78. The molecule has 1 aliphatic rings. The average molecular weight is 203 g/mol. The molecule has 1 heteroatoms.